The number of fused-ring (bicyclic) bond motifs is 1. The maximum Gasteiger partial charge on any atom is 0.306 e. The van der Waals surface area contributed by atoms with Crippen LogP contribution in [0.4, 0.5) is 4.39 Å². The number of ether oxygens (including phenoxy) is 2. The van der Waals surface area contributed by atoms with Gasteiger partial charge in [-0.3, -0.25) is 9.69 Å². The van der Waals surface area contributed by atoms with Gasteiger partial charge < -0.3 is 14.5 Å². The Morgan fingerprint density at radius 1 is 1.54 bits per heavy atom. The monoisotopic (exact) mass is 335 g/mol. The highest BCUT2D eigenvalue weighted by Gasteiger charge is 2.21. The summed E-state index contributed by atoms with van der Waals surface area (Å²) in [5, 5.41) is 0. The summed E-state index contributed by atoms with van der Waals surface area (Å²) in [6, 6.07) is 4.85. The van der Waals surface area contributed by atoms with E-state index in [-0.39, 0.29) is 17.9 Å². The van der Waals surface area contributed by atoms with Gasteiger partial charge in [-0.05, 0) is 25.0 Å². The second-order valence-corrected chi connectivity index (χ2v) is 6.02. The number of hydrogen-bond acceptors (Lipinski definition) is 5. The lowest BCUT2D eigenvalue weighted by Gasteiger charge is -2.23. The molecular weight excluding hydrogens is 313 g/mol. The van der Waals surface area contributed by atoms with Gasteiger partial charge in [-0.1, -0.05) is 6.07 Å². The van der Waals surface area contributed by atoms with Gasteiger partial charge in [0.2, 0.25) is 0 Å². The van der Waals surface area contributed by atoms with Crippen LogP contribution in [-0.4, -0.2) is 53.7 Å². The van der Waals surface area contributed by atoms with Crippen LogP contribution in [0.15, 0.2) is 18.2 Å². The van der Waals surface area contributed by atoms with Crippen molar-refractivity contribution in [3.05, 3.63) is 29.8 Å². The fourth-order valence-corrected chi connectivity index (χ4v) is 3.00. The number of nitrogens with zero attached hydrogens (tertiary/aromatic N) is 2. The average Bonchev–Trinajstić information content (AvgIpc) is 3.22. The summed E-state index contributed by atoms with van der Waals surface area (Å²) < 4.78 is 24.2. The number of nitrogens with one attached hydrogen (secondary N) is 1. The van der Waals surface area contributed by atoms with Crippen molar-refractivity contribution in [2.45, 2.75) is 31.9 Å². The smallest absolute Gasteiger partial charge is 0.306 e. The van der Waals surface area contributed by atoms with Crippen molar-refractivity contribution in [1.29, 1.82) is 0 Å². The first kappa shape index (κ1) is 16.9. The van der Waals surface area contributed by atoms with E-state index in [2.05, 4.69) is 14.9 Å². The van der Waals surface area contributed by atoms with Crippen molar-refractivity contribution in [2.75, 3.05) is 26.8 Å². The molecule has 1 aromatic heterocycles. The Labute approximate surface area is 139 Å². The van der Waals surface area contributed by atoms with Crippen LogP contribution in [0.3, 0.4) is 0 Å². The van der Waals surface area contributed by atoms with E-state index in [1.807, 2.05) is 0 Å². The predicted octanol–water partition coefficient (Wildman–Crippen LogP) is 2.25. The first-order chi connectivity index (χ1) is 11.7. The minimum atomic E-state index is -0.338. The maximum atomic E-state index is 13.8. The second kappa shape index (κ2) is 7.72. The molecule has 7 heteroatoms. The Balaban J connectivity index is 1.70. The molecule has 3 rings (SSSR count). The van der Waals surface area contributed by atoms with Crippen LogP contribution in [0.5, 0.6) is 0 Å². The zero-order valence-corrected chi connectivity index (χ0v) is 13.8. The molecule has 2 aromatic rings. The number of esters is 1. The van der Waals surface area contributed by atoms with Crippen molar-refractivity contribution in [3.63, 3.8) is 0 Å². The number of aromatic nitrogens is 2. The van der Waals surface area contributed by atoms with E-state index in [0.29, 0.717) is 36.4 Å². The fourth-order valence-electron chi connectivity index (χ4n) is 3.00. The fraction of sp³-hybridized carbons (Fsp3) is 0.529. The maximum absolute atomic E-state index is 13.8. The lowest BCUT2D eigenvalue weighted by Crippen LogP contribution is -2.34. The van der Waals surface area contributed by atoms with Gasteiger partial charge in [0.05, 0.1) is 31.7 Å². The van der Waals surface area contributed by atoms with Crippen LogP contribution in [0.25, 0.3) is 11.0 Å². The number of carbonyl (C=O) groups excluding carboxylic acids is 1. The SMILES string of the molecule is COC(=O)CCN(Cc1nc2c(F)cccc2[nH]1)C[C@@H]1CCCO1. The van der Waals surface area contributed by atoms with Crippen molar-refractivity contribution in [2.24, 2.45) is 0 Å². The molecule has 130 valence electrons. The number of imidazole rings is 1. The van der Waals surface area contributed by atoms with Crippen molar-refractivity contribution in [1.82, 2.24) is 14.9 Å². The highest BCUT2D eigenvalue weighted by Crippen LogP contribution is 2.18. The largest absolute Gasteiger partial charge is 0.469 e. The van der Waals surface area contributed by atoms with E-state index in [1.165, 1.54) is 13.2 Å². The van der Waals surface area contributed by atoms with Gasteiger partial charge in [0, 0.05) is 19.7 Å². The first-order valence-electron chi connectivity index (χ1n) is 8.19. The summed E-state index contributed by atoms with van der Waals surface area (Å²) in [6.07, 6.45) is 2.55. The summed E-state index contributed by atoms with van der Waals surface area (Å²) in [5.41, 5.74) is 1.02. The Bertz CT molecular complexity index is 697. The number of rotatable bonds is 7. The van der Waals surface area contributed by atoms with Gasteiger partial charge in [0.1, 0.15) is 11.3 Å². The van der Waals surface area contributed by atoms with Crippen LogP contribution >= 0.6 is 0 Å². The summed E-state index contributed by atoms with van der Waals surface area (Å²) in [7, 11) is 1.38. The zero-order chi connectivity index (χ0) is 16.9. The molecule has 1 atom stereocenters. The number of H-pyrrole nitrogens is 1. The topological polar surface area (TPSA) is 67.5 Å². The zero-order valence-electron chi connectivity index (χ0n) is 13.8. The Hall–Kier alpha value is -1.99. The van der Waals surface area contributed by atoms with E-state index < -0.39 is 0 Å². The summed E-state index contributed by atoms with van der Waals surface area (Å²) in [6.45, 7) is 2.55. The van der Waals surface area contributed by atoms with Crippen LogP contribution in [0, 0.1) is 5.82 Å². The third kappa shape index (κ3) is 4.10. The van der Waals surface area contributed by atoms with E-state index in [1.54, 1.807) is 12.1 Å². The van der Waals surface area contributed by atoms with Gasteiger partial charge in [0.15, 0.2) is 5.82 Å². The van der Waals surface area contributed by atoms with Crippen molar-refractivity contribution in [3.8, 4) is 0 Å². The lowest BCUT2D eigenvalue weighted by atomic mass is 10.2. The van der Waals surface area contributed by atoms with Gasteiger partial charge in [0.25, 0.3) is 0 Å². The molecule has 2 heterocycles. The van der Waals surface area contributed by atoms with Gasteiger partial charge in [-0.2, -0.15) is 0 Å². The summed E-state index contributed by atoms with van der Waals surface area (Å²) >= 11 is 0. The average molecular weight is 335 g/mol. The molecule has 1 N–H and O–H groups in total. The standard InChI is InChI=1S/C17H22FN3O3/c1-23-16(22)7-8-21(10-12-4-3-9-24-12)11-15-19-14-6-2-5-13(18)17(14)20-15/h2,5-6,12H,3-4,7-11H2,1H3,(H,19,20)/t12-/m0/s1. The molecule has 0 aliphatic carbocycles. The number of hydrogen-bond donors (Lipinski definition) is 1. The number of benzene rings is 1. The van der Waals surface area contributed by atoms with E-state index in [4.69, 9.17) is 9.47 Å². The summed E-state index contributed by atoms with van der Waals surface area (Å²) in [4.78, 5) is 21.0. The molecule has 1 aliphatic rings. The van der Waals surface area contributed by atoms with Crippen LogP contribution < -0.4 is 0 Å². The molecule has 1 aliphatic heterocycles. The quantitative estimate of drug-likeness (QED) is 0.786. The van der Waals surface area contributed by atoms with E-state index >= 15 is 0 Å². The molecule has 0 saturated carbocycles. The minimum absolute atomic E-state index is 0.170. The molecule has 1 saturated heterocycles. The highest BCUT2D eigenvalue weighted by molar-refractivity contribution is 5.75. The number of methoxy groups -OCH3 is 1. The normalized spacial score (nSPS) is 17.7. The van der Waals surface area contributed by atoms with Gasteiger partial charge in [-0.15, -0.1) is 0 Å². The lowest BCUT2D eigenvalue weighted by molar-refractivity contribution is -0.141. The summed E-state index contributed by atoms with van der Waals surface area (Å²) in [5.74, 6) is 0.0937. The van der Waals surface area contributed by atoms with Crippen LogP contribution in [0.1, 0.15) is 25.1 Å². The minimum Gasteiger partial charge on any atom is -0.469 e. The third-order valence-corrected chi connectivity index (χ3v) is 4.23. The molecular formula is C17H22FN3O3. The molecule has 0 radical (unpaired) electrons. The molecule has 0 amide bonds. The first-order valence-corrected chi connectivity index (χ1v) is 8.19. The molecule has 1 fully saturated rings. The number of halogens is 1. The molecule has 1 aromatic carbocycles. The number of para-hydroxylation sites is 1. The third-order valence-electron chi connectivity index (χ3n) is 4.23. The molecule has 0 spiro atoms. The van der Waals surface area contributed by atoms with Crippen molar-refractivity contribution >= 4 is 17.0 Å². The predicted molar refractivity (Wildman–Crippen MR) is 86.9 cm³/mol. The number of aromatic amines is 1. The van der Waals surface area contributed by atoms with Crippen LogP contribution in [-0.2, 0) is 20.8 Å². The second-order valence-electron chi connectivity index (χ2n) is 6.02. The van der Waals surface area contributed by atoms with Gasteiger partial charge >= 0.3 is 5.97 Å². The Kier molecular flexibility index (Phi) is 5.42. The number of carbonyl (C=O) groups is 1. The molecule has 6 nitrogen and oxygen atoms in total. The molecule has 0 bridgehead atoms. The molecule has 0 unspecified atom stereocenters. The highest BCUT2D eigenvalue weighted by atomic mass is 19.1. The van der Waals surface area contributed by atoms with Crippen molar-refractivity contribution < 1.29 is 18.7 Å². The van der Waals surface area contributed by atoms with Crippen LogP contribution in [0.2, 0.25) is 0 Å². The Morgan fingerprint density at radius 3 is 3.12 bits per heavy atom. The van der Waals surface area contributed by atoms with E-state index in [0.717, 1.165) is 26.0 Å². The molecule has 24 heavy (non-hydrogen) atoms. The van der Waals surface area contributed by atoms with E-state index in [9.17, 15) is 9.18 Å². The Morgan fingerprint density at radius 2 is 2.42 bits per heavy atom. The van der Waals surface area contributed by atoms with Gasteiger partial charge in [-0.25, -0.2) is 9.37 Å².